The van der Waals surface area contributed by atoms with Gasteiger partial charge in [-0.05, 0) is 6.92 Å². The molecule has 0 aliphatic rings. The van der Waals surface area contributed by atoms with Crippen molar-refractivity contribution in [1.29, 1.82) is 0 Å². The van der Waals surface area contributed by atoms with Crippen LogP contribution in [0.4, 0.5) is 0 Å². The summed E-state index contributed by atoms with van der Waals surface area (Å²) in [6, 6.07) is 0. The van der Waals surface area contributed by atoms with Crippen molar-refractivity contribution in [3.63, 3.8) is 0 Å². The molecule has 1 nitrogen and oxygen atoms in total. The largest absolute Gasteiger partial charge is 0.304 e. The minimum absolute atomic E-state index is 0. The molecule has 0 aromatic heterocycles. The van der Waals surface area contributed by atoms with Crippen molar-refractivity contribution in [3.8, 4) is 0 Å². The second-order valence-corrected chi connectivity index (χ2v) is 0.236. The first-order valence-electron chi connectivity index (χ1n) is 0.813. The Morgan fingerprint density at radius 2 is 1.75 bits per heavy atom. The van der Waals surface area contributed by atoms with Gasteiger partial charge in [-0.25, -0.2) is 0 Å². The van der Waals surface area contributed by atoms with Crippen molar-refractivity contribution in [2.24, 2.45) is 0 Å². The van der Waals surface area contributed by atoms with E-state index in [1.54, 1.807) is 0 Å². The predicted octanol–water partition coefficient (Wildman–Crippen LogP) is 0.205. The standard InChI is InChI=1S/C2H4O.Ce/c1-2-3;/h2H,1H3;. The topological polar surface area (TPSA) is 17.1 Å². The third-order valence-electron chi connectivity index (χ3n) is 0. The van der Waals surface area contributed by atoms with Crippen LogP contribution in [0, 0.1) is 41.7 Å². The summed E-state index contributed by atoms with van der Waals surface area (Å²) in [6.07, 6.45) is 0.750. The Hall–Kier alpha value is 1.05. The van der Waals surface area contributed by atoms with Gasteiger partial charge in [0, 0.05) is 41.7 Å². The minimum atomic E-state index is 0. The Morgan fingerprint density at radius 1 is 1.75 bits per heavy atom. The Morgan fingerprint density at radius 3 is 1.75 bits per heavy atom. The van der Waals surface area contributed by atoms with E-state index in [1.807, 2.05) is 0 Å². The molecule has 0 spiro atoms. The first-order valence-corrected chi connectivity index (χ1v) is 0.813. The van der Waals surface area contributed by atoms with Crippen LogP contribution >= 0.6 is 0 Å². The number of hydrogen-bond donors (Lipinski definition) is 0. The van der Waals surface area contributed by atoms with Crippen LogP contribution in [0.1, 0.15) is 6.92 Å². The maximum Gasteiger partial charge on any atom is 0.116 e. The van der Waals surface area contributed by atoms with Crippen molar-refractivity contribution in [1.82, 2.24) is 0 Å². The molecule has 0 atom stereocenters. The molecule has 0 aliphatic carbocycles. The van der Waals surface area contributed by atoms with Crippen LogP contribution in [0.2, 0.25) is 0 Å². The Kier molecular flexibility index (Phi) is 20.0. The molecule has 2 heteroatoms. The van der Waals surface area contributed by atoms with E-state index in [0.29, 0.717) is 0 Å². The Bertz CT molecular complexity index is 13.5. The molecule has 0 radical (unpaired) electrons. The second kappa shape index (κ2) is 8.97. The minimum Gasteiger partial charge on any atom is -0.304 e. The molecule has 0 amide bonds. The van der Waals surface area contributed by atoms with E-state index in [-0.39, 0.29) is 41.7 Å². The van der Waals surface area contributed by atoms with E-state index in [2.05, 4.69) is 0 Å². The molecule has 0 aliphatic heterocycles. The van der Waals surface area contributed by atoms with Gasteiger partial charge in [0.05, 0.1) is 0 Å². The van der Waals surface area contributed by atoms with Crippen molar-refractivity contribution in [2.75, 3.05) is 0 Å². The normalized spacial score (nSPS) is 3.25. The van der Waals surface area contributed by atoms with Gasteiger partial charge in [-0.15, -0.1) is 0 Å². The number of carbonyl (C=O) groups is 1. The third kappa shape index (κ3) is 11.6. The van der Waals surface area contributed by atoms with Gasteiger partial charge in [-0.2, -0.15) is 0 Å². The summed E-state index contributed by atoms with van der Waals surface area (Å²) in [5.74, 6) is 0. The van der Waals surface area contributed by atoms with Gasteiger partial charge in [-0.3, -0.25) is 0 Å². The van der Waals surface area contributed by atoms with E-state index in [9.17, 15) is 0 Å². The fraction of sp³-hybridized carbons (Fsp3) is 0.500. The van der Waals surface area contributed by atoms with Crippen LogP contribution < -0.4 is 0 Å². The van der Waals surface area contributed by atoms with Gasteiger partial charge in [-0.1, -0.05) is 0 Å². The zero-order valence-electron chi connectivity index (χ0n) is 2.49. The molecule has 0 aromatic rings. The average molecular weight is 184 g/mol. The van der Waals surface area contributed by atoms with Gasteiger partial charge in [0.25, 0.3) is 0 Å². The zero-order valence-corrected chi connectivity index (χ0v) is 5.63. The number of carbonyl (C=O) groups excluding carboxylic acids is 1. The van der Waals surface area contributed by atoms with Crippen molar-refractivity contribution in [2.45, 2.75) is 6.92 Å². The molecule has 0 saturated heterocycles. The molecule has 0 N–H and O–H groups in total. The van der Waals surface area contributed by atoms with E-state index < -0.39 is 0 Å². The van der Waals surface area contributed by atoms with Gasteiger partial charge < -0.3 is 4.79 Å². The summed E-state index contributed by atoms with van der Waals surface area (Å²) in [5.41, 5.74) is 0. The third-order valence-corrected chi connectivity index (χ3v) is 0. The molecular weight excluding hydrogens is 180 g/mol. The molecular formula is C2H4CeO. The van der Waals surface area contributed by atoms with Gasteiger partial charge in [0.1, 0.15) is 6.29 Å². The molecule has 0 rings (SSSR count). The van der Waals surface area contributed by atoms with Crippen LogP contribution in [-0.4, -0.2) is 6.29 Å². The van der Waals surface area contributed by atoms with Crippen LogP contribution in [0.5, 0.6) is 0 Å². The number of aldehydes is 1. The quantitative estimate of drug-likeness (QED) is 0.492. The van der Waals surface area contributed by atoms with E-state index in [1.165, 1.54) is 6.92 Å². The molecule has 0 saturated carbocycles. The smallest absolute Gasteiger partial charge is 0.116 e. The summed E-state index contributed by atoms with van der Waals surface area (Å²) in [7, 11) is 0. The maximum atomic E-state index is 8.81. The molecule has 0 heterocycles. The SMILES string of the molecule is CC=O.[Ce]. The average Bonchev–Trinajstić information content (AvgIpc) is 0.918. The Balaban J connectivity index is 0. The molecule has 0 aromatic carbocycles. The van der Waals surface area contributed by atoms with E-state index >= 15 is 0 Å². The monoisotopic (exact) mass is 184 g/mol. The number of hydrogen-bond acceptors (Lipinski definition) is 1. The molecule has 22 valence electrons. The molecule has 0 bridgehead atoms. The van der Waals surface area contributed by atoms with Crippen LogP contribution in [0.15, 0.2) is 0 Å². The predicted molar refractivity (Wildman–Crippen MR) is 11.7 cm³/mol. The zero-order chi connectivity index (χ0) is 2.71. The number of rotatable bonds is 0. The van der Waals surface area contributed by atoms with Crippen LogP contribution in [0.3, 0.4) is 0 Å². The molecule has 0 unspecified atom stereocenters. The van der Waals surface area contributed by atoms with Gasteiger partial charge in [0.15, 0.2) is 0 Å². The summed E-state index contributed by atoms with van der Waals surface area (Å²) < 4.78 is 0. The first-order chi connectivity index (χ1) is 1.41. The molecule has 0 fully saturated rings. The maximum absolute atomic E-state index is 8.81. The second-order valence-electron chi connectivity index (χ2n) is 0.236. The van der Waals surface area contributed by atoms with Crippen molar-refractivity contribution < 1.29 is 46.5 Å². The van der Waals surface area contributed by atoms with Gasteiger partial charge >= 0.3 is 0 Å². The van der Waals surface area contributed by atoms with Crippen molar-refractivity contribution in [3.05, 3.63) is 0 Å². The summed E-state index contributed by atoms with van der Waals surface area (Å²) >= 11 is 0. The van der Waals surface area contributed by atoms with Crippen molar-refractivity contribution >= 4 is 6.29 Å². The van der Waals surface area contributed by atoms with Crippen LogP contribution in [0.25, 0.3) is 0 Å². The summed E-state index contributed by atoms with van der Waals surface area (Å²) in [5, 5.41) is 0. The summed E-state index contributed by atoms with van der Waals surface area (Å²) in [6.45, 7) is 1.44. The first kappa shape index (κ1) is 8.90. The fourth-order valence-electron chi connectivity index (χ4n) is 0. The fourth-order valence-corrected chi connectivity index (χ4v) is 0. The van der Waals surface area contributed by atoms with Crippen LogP contribution in [-0.2, 0) is 4.79 Å². The Labute approximate surface area is 59.1 Å². The van der Waals surface area contributed by atoms with E-state index in [0.717, 1.165) is 6.29 Å². The van der Waals surface area contributed by atoms with E-state index in [4.69, 9.17) is 4.79 Å². The summed E-state index contributed by atoms with van der Waals surface area (Å²) in [4.78, 5) is 8.81. The van der Waals surface area contributed by atoms with Gasteiger partial charge in [0.2, 0.25) is 0 Å². The molecule has 4 heavy (non-hydrogen) atoms.